The molecule has 1 aliphatic carbocycles. The standard InChI is InChI=1S/C22H25N5O3/c28-19-9-8-18(21(29)24-19)27-17-5-1-3-15(4-2-12-25-13-10-23-11-14-25)20(17)26(22(27)30)16-6-7-16/h1,3,5,16,18,23H,6-14H2,(H,24,28,29). The molecule has 156 valence electrons. The highest BCUT2D eigenvalue weighted by atomic mass is 16.2. The first kappa shape index (κ1) is 19.1. The maximum absolute atomic E-state index is 13.4. The number of para-hydroxylation sites is 1. The summed E-state index contributed by atoms with van der Waals surface area (Å²) in [6.45, 7) is 4.62. The SMILES string of the molecule is O=C1CCC(n2c(=O)n(C3CC3)c3c(C#CCN4CCNCC4)cccc32)C(=O)N1. The second kappa shape index (κ2) is 7.74. The van der Waals surface area contributed by atoms with Gasteiger partial charge in [-0.25, -0.2) is 4.79 Å². The average molecular weight is 407 g/mol. The van der Waals surface area contributed by atoms with E-state index in [0.717, 1.165) is 55.6 Å². The Bertz CT molecular complexity index is 1130. The second-order valence-corrected chi connectivity index (χ2v) is 8.22. The third-order valence-corrected chi connectivity index (χ3v) is 6.10. The Kier molecular flexibility index (Phi) is 4.93. The second-order valence-electron chi connectivity index (χ2n) is 8.22. The molecule has 2 N–H and O–H groups in total. The maximum Gasteiger partial charge on any atom is 0.330 e. The van der Waals surface area contributed by atoms with Crippen molar-refractivity contribution < 1.29 is 9.59 Å². The molecule has 8 nitrogen and oxygen atoms in total. The Morgan fingerprint density at radius 2 is 1.83 bits per heavy atom. The molecule has 3 fully saturated rings. The molecule has 0 bridgehead atoms. The van der Waals surface area contributed by atoms with Crippen molar-refractivity contribution in [3.63, 3.8) is 0 Å². The minimum atomic E-state index is -0.665. The van der Waals surface area contributed by atoms with Crippen LogP contribution < -0.4 is 16.3 Å². The van der Waals surface area contributed by atoms with Gasteiger partial charge >= 0.3 is 5.69 Å². The van der Waals surface area contributed by atoms with Gasteiger partial charge in [0.05, 0.1) is 23.1 Å². The summed E-state index contributed by atoms with van der Waals surface area (Å²) in [5.41, 5.74) is 2.16. The van der Waals surface area contributed by atoms with E-state index in [9.17, 15) is 14.4 Å². The summed E-state index contributed by atoms with van der Waals surface area (Å²) >= 11 is 0. The van der Waals surface area contributed by atoms with Gasteiger partial charge in [-0.2, -0.15) is 0 Å². The number of hydrogen-bond donors (Lipinski definition) is 2. The van der Waals surface area contributed by atoms with Crippen molar-refractivity contribution in [2.75, 3.05) is 32.7 Å². The van der Waals surface area contributed by atoms with Gasteiger partial charge in [0, 0.05) is 38.6 Å². The zero-order valence-corrected chi connectivity index (χ0v) is 16.8. The molecule has 2 aliphatic heterocycles. The van der Waals surface area contributed by atoms with Gasteiger partial charge in [0.2, 0.25) is 11.8 Å². The number of carbonyl (C=O) groups is 2. The molecule has 0 radical (unpaired) electrons. The number of carbonyl (C=O) groups excluding carboxylic acids is 2. The summed E-state index contributed by atoms with van der Waals surface area (Å²) in [4.78, 5) is 39.7. The minimum Gasteiger partial charge on any atom is -0.314 e. The number of imidazole rings is 1. The maximum atomic E-state index is 13.4. The Labute approximate surface area is 174 Å². The lowest BCUT2D eigenvalue weighted by Crippen LogP contribution is -2.44. The van der Waals surface area contributed by atoms with E-state index in [4.69, 9.17) is 0 Å². The molecule has 1 unspecified atom stereocenters. The molecule has 8 heteroatoms. The normalized spacial score (nSPS) is 22.6. The van der Waals surface area contributed by atoms with Crippen LogP contribution >= 0.6 is 0 Å². The highest BCUT2D eigenvalue weighted by molar-refractivity contribution is 6.00. The molecule has 2 amide bonds. The predicted molar refractivity (Wildman–Crippen MR) is 112 cm³/mol. The van der Waals surface area contributed by atoms with Crippen LogP contribution in [0.25, 0.3) is 11.0 Å². The van der Waals surface area contributed by atoms with E-state index in [2.05, 4.69) is 27.4 Å². The molecule has 3 heterocycles. The lowest BCUT2D eigenvalue weighted by Gasteiger charge is -2.24. The zero-order chi connectivity index (χ0) is 20.7. The smallest absolute Gasteiger partial charge is 0.314 e. The fourth-order valence-electron chi connectivity index (χ4n) is 4.41. The summed E-state index contributed by atoms with van der Waals surface area (Å²) in [6, 6.07) is 5.20. The van der Waals surface area contributed by atoms with Crippen molar-refractivity contribution in [2.45, 2.75) is 37.8 Å². The Morgan fingerprint density at radius 1 is 1.03 bits per heavy atom. The van der Waals surface area contributed by atoms with E-state index in [1.807, 2.05) is 22.8 Å². The number of amides is 2. The van der Waals surface area contributed by atoms with Crippen molar-refractivity contribution in [2.24, 2.45) is 0 Å². The highest BCUT2D eigenvalue weighted by Crippen LogP contribution is 2.37. The number of fused-ring (bicyclic) bond motifs is 1. The number of aromatic nitrogens is 2. The molecule has 30 heavy (non-hydrogen) atoms. The van der Waals surface area contributed by atoms with Crippen LogP contribution in [0.15, 0.2) is 23.0 Å². The van der Waals surface area contributed by atoms with Crippen molar-refractivity contribution in [3.05, 3.63) is 34.2 Å². The molecule has 0 spiro atoms. The van der Waals surface area contributed by atoms with E-state index < -0.39 is 11.9 Å². The largest absolute Gasteiger partial charge is 0.330 e. The van der Waals surface area contributed by atoms with Crippen LogP contribution in [0.2, 0.25) is 0 Å². The summed E-state index contributed by atoms with van der Waals surface area (Å²) in [5.74, 6) is 5.87. The van der Waals surface area contributed by atoms with Gasteiger partial charge in [-0.3, -0.25) is 28.9 Å². The summed E-state index contributed by atoms with van der Waals surface area (Å²) in [5, 5.41) is 5.71. The quantitative estimate of drug-likeness (QED) is 0.567. The van der Waals surface area contributed by atoms with Crippen LogP contribution in [0.4, 0.5) is 0 Å². The van der Waals surface area contributed by atoms with Crippen LogP contribution in [0, 0.1) is 11.8 Å². The van der Waals surface area contributed by atoms with Gasteiger partial charge in [0.1, 0.15) is 6.04 Å². The number of piperazine rings is 1. The van der Waals surface area contributed by atoms with E-state index in [0.29, 0.717) is 13.0 Å². The highest BCUT2D eigenvalue weighted by Gasteiger charge is 2.35. The topological polar surface area (TPSA) is 88.4 Å². The monoisotopic (exact) mass is 407 g/mol. The molecule has 1 atom stereocenters. The zero-order valence-electron chi connectivity index (χ0n) is 16.8. The van der Waals surface area contributed by atoms with Gasteiger partial charge in [0.15, 0.2) is 0 Å². The summed E-state index contributed by atoms with van der Waals surface area (Å²) < 4.78 is 3.38. The van der Waals surface area contributed by atoms with Gasteiger partial charge in [-0.1, -0.05) is 17.9 Å². The van der Waals surface area contributed by atoms with Gasteiger partial charge < -0.3 is 5.32 Å². The number of hydrogen-bond acceptors (Lipinski definition) is 5. The van der Waals surface area contributed by atoms with Crippen molar-refractivity contribution in [1.29, 1.82) is 0 Å². The van der Waals surface area contributed by atoms with E-state index in [-0.39, 0.29) is 24.1 Å². The molecule has 1 saturated carbocycles. The first-order valence-corrected chi connectivity index (χ1v) is 10.6. The van der Waals surface area contributed by atoms with E-state index in [1.165, 1.54) is 0 Å². The third-order valence-electron chi connectivity index (χ3n) is 6.10. The van der Waals surface area contributed by atoms with Crippen molar-refractivity contribution in [3.8, 4) is 11.8 Å². The Balaban J connectivity index is 1.56. The fourth-order valence-corrected chi connectivity index (χ4v) is 4.41. The molecule has 2 aromatic rings. The van der Waals surface area contributed by atoms with E-state index >= 15 is 0 Å². The van der Waals surface area contributed by atoms with Crippen LogP contribution in [0.5, 0.6) is 0 Å². The van der Waals surface area contributed by atoms with Crippen LogP contribution in [0.1, 0.15) is 43.3 Å². The van der Waals surface area contributed by atoms with Crippen LogP contribution in [0.3, 0.4) is 0 Å². The third kappa shape index (κ3) is 3.44. The van der Waals surface area contributed by atoms with Gasteiger partial charge in [0.25, 0.3) is 0 Å². The first-order chi connectivity index (χ1) is 14.6. The molecule has 2 saturated heterocycles. The molecule has 5 rings (SSSR count). The van der Waals surface area contributed by atoms with Crippen molar-refractivity contribution >= 4 is 22.8 Å². The number of nitrogens with one attached hydrogen (secondary N) is 2. The Morgan fingerprint density at radius 3 is 2.57 bits per heavy atom. The number of nitrogens with zero attached hydrogens (tertiary/aromatic N) is 3. The molecule has 1 aromatic carbocycles. The lowest BCUT2D eigenvalue weighted by atomic mass is 10.1. The van der Waals surface area contributed by atoms with Gasteiger partial charge in [-0.05, 0) is 31.4 Å². The van der Waals surface area contributed by atoms with Crippen LogP contribution in [-0.4, -0.2) is 58.6 Å². The minimum absolute atomic E-state index is 0.158. The molecule has 1 aromatic heterocycles. The van der Waals surface area contributed by atoms with Crippen LogP contribution in [-0.2, 0) is 9.59 Å². The molecular formula is C22H25N5O3. The number of benzene rings is 1. The van der Waals surface area contributed by atoms with Crippen molar-refractivity contribution in [1.82, 2.24) is 24.7 Å². The summed E-state index contributed by atoms with van der Waals surface area (Å²) in [7, 11) is 0. The lowest BCUT2D eigenvalue weighted by molar-refractivity contribution is -0.135. The molecular weight excluding hydrogens is 382 g/mol. The fraction of sp³-hybridized carbons (Fsp3) is 0.500. The molecule has 3 aliphatic rings. The number of imide groups is 1. The first-order valence-electron chi connectivity index (χ1n) is 10.6. The number of piperidine rings is 1. The Hall–Kier alpha value is -2.89. The summed E-state index contributed by atoms with van der Waals surface area (Å²) in [6.07, 6.45) is 2.49. The number of rotatable bonds is 3. The average Bonchev–Trinajstić information content (AvgIpc) is 3.53. The predicted octanol–water partition coefficient (Wildman–Crippen LogP) is 0.372. The van der Waals surface area contributed by atoms with Gasteiger partial charge in [-0.15, -0.1) is 0 Å². The van der Waals surface area contributed by atoms with E-state index in [1.54, 1.807) is 4.57 Å².